The number of rotatable bonds is 3. The van der Waals surface area contributed by atoms with Gasteiger partial charge in [-0.3, -0.25) is 14.4 Å². The highest BCUT2D eigenvalue weighted by Crippen LogP contribution is 2.51. The molecule has 13 nitrogen and oxygen atoms in total. The lowest BCUT2D eigenvalue weighted by Crippen LogP contribution is -2.44. The fourth-order valence-electron chi connectivity index (χ4n) is 9.76. The number of nitrogens with one attached hydrogen (secondary N) is 1. The number of anilines is 1. The highest BCUT2D eigenvalue weighted by molar-refractivity contribution is 6.22. The van der Waals surface area contributed by atoms with E-state index in [-0.39, 0.29) is 56.3 Å². The molecule has 1 saturated carbocycles. The second-order valence-electron chi connectivity index (χ2n) is 18.6. The number of Topliss-reactive ketones (excluding diaryl/α,β-unsaturated/α-hetero) is 1. The Hall–Kier alpha value is -5.08. The van der Waals surface area contributed by atoms with Crippen LogP contribution in [0.5, 0.6) is 11.5 Å². The SMILES string of the molecule is CO[C@H]1/C=C/O[C@@]2(C)Oc3c(C)c(O)c4c(=O)c(c5oc6cc(C(C)C)c(C7CCCCC7)cc6nc-5c4c3C2=O)NC(=O)/C(C)=C\C=C\[C@H](C)[C@H](O)[C@@H](C)[C@@H](O)[C@@H](C)[C@H](O)[C@@H]1C. The molecule has 5 aliphatic rings. The molecule has 1 fully saturated rings. The van der Waals surface area contributed by atoms with E-state index in [1.165, 1.54) is 51.4 Å². The van der Waals surface area contributed by atoms with E-state index in [0.717, 1.165) is 31.2 Å². The zero-order chi connectivity index (χ0) is 45.8. The molecule has 2 aromatic rings. The van der Waals surface area contributed by atoms with Gasteiger partial charge in [-0.15, -0.1) is 0 Å². The van der Waals surface area contributed by atoms with Crippen LogP contribution in [0.15, 0.2) is 57.5 Å². The van der Waals surface area contributed by atoms with Crippen LogP contribution in [0.25, 0.3) is 33.3 Å². The van der Waals surface area contributed by atoms with E-state index < -0.39 is 76.7 Å². The molecule has 0 saturated heterocycles. The zero-order valence-corrected chi connectivity index (χ0v) is 37.9. The van der Waals surface area contributed by atoms with Gasteiger partial charge in [0.15, 0.2) is 11.3 Å². The molecular formula is C50H62N2O11. The third-order valence-corrected chi connectivity index (χ3v) is 13.9. The predicted molar refractivity (Wildman–Crippen MR) is 241 cm³/mol. The summed E-state index contributed by atoms with van der Waals surface area (Å²) in [6, 6.07) is 3.99. The van der Waals surface area contributed by atoms with Crippen LogP contribution in [0.1, 0.15) is 126 Å². The van der Waals surface area contributed by atoms with Crippen molar-refractivity contribution in [2.75, 3.05) is 12.4 Å². The minimum absolute atomic E-state index is 0.00399. The Balaban J connectivity index is 1.48. The Bertz CT molecular complexity index is 2550. The molecule has 63 heavy (non-hydrogen) atoms. The van der Waals surface area contributed by atoms with E-state index in [0.29, 0.717) is 17.0 Å². The lowest BCUT2D eigenvalue weighted by molar-refractivity contribution is -0.112. The van der Waals surface area contributed by atoms with E-state index in [4.69, 9.17) is 23.6 Å². The summed E-state index contributed by atoms with van der Waals surface area (Å²) >= 11 is 0. The first-order valence-electron chi connectivity index (χ1n) is 22.3. The number of carbonyl (C=O) groups is 2. The second-order valence-corrected chi connectivity index (χ2v) is 18.6. The topological polar surface area (TPSA) is 198 Å². The fourth-order valence-corrected chi connectivity index (χ4v) is 9.76. The number of hydrogen-bond donors (Lipinski definition) is 5. The smallest absolute Gasteiger partial charge is 0.312 e. The van der Waals surface area contributed by atoms with Gasteiger partial charge in [0.25, 0.3) is 11.7 Å². The molecule has 9 atom stereocenters. The molecule has 3 aliphatic heterocycles. The summed E-state index contributed by atoms with van der Waals surface area (Å²) < 4.78 is 24.7. The summed E-state index contributed by atoms with van der Waals surface area (Å²) in [6.07, 6.45) is 9.20. The van der Waals surface area contributed by atoms with Crippen LogP contribution in [0.4, 0.5) is 5.69 Å². The Morgan fingerprint density at radius 3 is 2.24 bits per heavy atom. The van der Waals surface area contributed by atoms with Gasteiger partial charge in [-0.2, -0.15) is 0 Å². The second kappa shape index (κ2) is 17.8. The maximum absolute atomic E-state index is 14.8. The van der Waals surface area contributed by atoms with Gasteiger partial charge in [-0.05, 0) is 67.9 Å². The van der Waals surface area contributed by atoms with Crippen molar-refractivity contribution in [1.82, 2.24) is 4.98 Å². The molecule has 0 radical (unpaired) electrons. The lowest BCUT2D eigenvalue weighted by atomic mass is 9.78. The van der Waals surface area contributed by atoms with Crippen LogP contribution in [-0.2, 0) is 14.3 Å². The maximum Gasteiger partial charge on any atom is 0.312 e. The van der Waals surface area contributed by atoms with E-state index in [1.807, 2.05) is 12.1 Å². The molecule has 7 rings (SSSR count). The van der Waals surface area contributed by atoms with Gasteiger partial charge < -0.3 is 44.4 Å². The first kappa shape index (κ1) is 45.9. The highest BCUT2D eigenvalue weighted by atomic mass is 16.7. The number of aliphatic hydroxyl groups excluding tert-OH is 3. The molecule has 4 bridgehead atoms. The molecule has 0 unspecified atom stereocenters. The normalized spacial score (nSPS) is 31.0. The van der Waals surface area contributed by atoms with Crippen LogP contribution >= 0.6 is 0 Å². The van der Waals surface area contributed by atoms with Gasteiger partial charge in [0.05, 0.1) is 41.6 Å². The number of benzene rings is 3. The molecule has 2 aromatic carbocycles. The van der Waals surface area contributed by atoms with Crippen molar-refractivity contribution < 1.29 is 48.6 Å². The van der Waals surface area contributed by atoms with Gasteiger partial charge in [0, 0.05) is 54.2 Å². The number of ether oxygens (including phenoxy) is 3. The predicted octanol–water partition coefficient (Wildman–Crippen LogP) is 8.55. The Morgan fingerprint density at radius 2 is 1.57 bits per heavy atom. The summed E-state index contributed by atoms with van der Waals surface area (Å²) in [5.41, 5.74) is 2.40. The number of carbonyl (C=O) groups excluding carboxylic acids is 2. The molecule has 338 valence electrons. The summed E-state index contributed by atoms with van der Waals surface area (Å²) in [5.74, 6) is -5.78. The molecule has 0 aromatic heterocycles. The van der Waals surface area contributed by atoms with E-state index in [9.17, 15) is 34.8 Å². The number of hydrogen-bond acceptors (Lipinski definition) is 12. The van der Waals surface area contributed by atoms with Crippen LogP contribution in [0.3, 0.4) is 0 Å². The molecule has 5 N–H and O–H groups in total. The van der Waals surface area contributed by atoms with Crippen LogP contribution in [-0.4, -0.2) is 74.4 Å². The van der Waals surface area contributed by atoms with Crippen LogP contribution in [0.2, 0.25) is 0 Å². The summed E-state index contributed by atoms with van der Waals surface area (Å²) in [5, 5.41) is 48.5. The van der Waals surface area contributed by atoms with Crippen molar-refractivity contribution in [2.24, 2.45) is 23.7 Å². The number of aromatic nitrogens is 1. The molecule has 13 heteroatoms. The van der Waals surface area contributed by atoms with Crippen molar-refractivity contribution >= 4 is 39.2 Å². The number of aromatic hydroxyl groups is 1. The number of fused-ring (bicyclic) bond motifs is 2. The average Bonchev–Trinajstić information content (AvgIpc) is 3.54. The largest absolute Gasteiger partial charge is 0.507 e. The molecular weight excluding hydrogens is 805 g/mol. The van der Waals surface area contributed by atoms with Crippen molar-refractivity contribution in [3.8, 4) is 23.0 Å². The number of methoxy groups -OCH3 is 1. The van der Waals surface area contributed by atoms with Crippen molar-refractivity contribution in [3.05, 3.63) is 80.7 Å². The van der Waals surface area contributed by atoms with Gasteiger partial charge in [-0.1, -0.05) is 79.0 Å². The summed E-state index contributed by atoms with van der Waals surface area (Å²) in [6.45, 7) is 15.7. The van der Waals surface area contributed by atoms with Crippen LogP contribution < -0.4 is 15.5 Å². The minimum Gasteiger partial charge on any atom is -0.507 e. The van der Waals surface area contributed by atoms with E-state index in [2.05, 4.69) is 19.2 Å². The third kappa shape index (κ3) is 8.17. The van der Waals surface area contributed by atoms with Gasteiger partial charge in [-0.25, -0.2) is 4.98 Å². The number of nitrogens with zero attached hydrogens (tertiary/aromatic N) is 1. The molecule has 1 amide bonds. The van der Waals surface area contributed by atoms with Crippen LogP contribution in [0, 0.1) is 30.6 Å². The molecule has 0 spiro atoms. The number of ketones is 1. The first-order valence-corrected chi connectivity index (χ1v) is 22.3. The molecule has 2 aliphatic carbocycles. The standard InChI is InChI=1S/C50H62N2O11/c1-23(2)31-22-35-33(21-32(31)30-17-12-11-13-18-30)51-39-36-37-44(56)29(8)46-38(36)48(58)50(9,63-46)61-20-19-34(60-10)26(5)42(54)28(7)43(55)27(6)41(53)24(3)15-14-16-25(4)49(59)52-40(45(37)57)47(39)62-35/h14-16,19-24,26-28,30,34,41-43,53-56H,11-13,17-18H2,1-10H3,(H,52,59)/b15-14+,20-19+,25-16-/t24-,26+,27+,28-,34-,41-,42+,43+,50-/m0/s1. The lowest BCUT2D eigenvalue weighted by Gasteiger charge is -2.36. The Labute approximate surface area is 368 Å². The highest BCUT2D eigenvalue weighted by Gasteiger charge is 2.50. The summed E-state index contributed by atoms with van der Waals surface area (Å²) in [4.78, 5) is 48.7. The third-order valence-electron chi connectivity index (χ3n) is 13.9. The Morgan fingerprint density at radius 1 is 0.905 bits per heavy atom. The monoisotopic (exact) mass is 866 g/mol. The van der Waals surface area contributed by atoms with Crippen molar-refractivity contribution in [2.45, 2.75) is 136 Å². The molecule has 3 heterocycles. The number of phenols is 1. The first-order chi connectivity index (χ1) is 29.8. The van der Waals surface area contributed by atoms with Gasteiger partial charge in [0.1, 0.15) is 28.4 Å². The van der Waals surface area contributed by atoms with E-state index >= 15 is 0 Å². The maximum atomic E-state index is 14.8. The fraction of sp³-hybridized carbons (Fsp3) is 0.520. The van der Waals surface area contributed by atoms with E-state index in [1.54, 1.807) is 46.8 Å². The number of phenolic OH excluding ortho intramolecular Hbond substituents is 1. The quantitative estimate of drug-likeness (QED) is 0.0973. The number of aliphatic hydroxyl groups is 3. The van der Waals surface area contributed by atoms with Gasteiger partial charge >= 0.3 is 5.79 Å². The number of amides is 1. The number of allylic oxidation sites excluding steroid dienone is 2. The minimum atomic E-state index is -1.99. The van der Waals surface area contributed by atoms with Crippen molar-refractivity contribution in [1.29, 1.82) is 0 Å². The summed E-state index contributed by atoms with van der Waals surface area (Å²) in [7, 11) is 1.46. The van der Waals surface area contributed by atoms with Gasteiger partial charge in [0.2, 0.25) is 5.43 Å². The Kier molecular flexibility index (Phi) is 13.0. The average molecular weight is 867 g/mol. The van der Waals surface area contributed by atoms with Crippen molar-refractivity contribution in [3.63, 3.8) is 0 Å². The zero-order valence-electron chi connectivity index (χ0n) is 37.9.